The Hall–Kier alpha value is -1.30. The fourth-order valence-corrected chi connectivity index (χ4v) is 1.76. The van der Waals surface area contributed by atoms with E-state index in [0.29, 0.717) is 0 Å². The molecule has 0 amide bonds. The first-order valence-corrected chi connectivity index (χ1v) is 5.94. The smallest absolute Gasteiger partial charge is 0.00292 e. The molecule has 0 atom stereocenters. The summed E-state index contributed by atoms with van der Waals surface area (Å²) < 4.78 is 0. The van der Waals surface area contributed by atoms with Gasteiger partial charge in [-0.1, -0.05) is 48.1 Å². The third-order valence-corrected chi connectivity index (χ3v) is 2.68. The first-order chi connectivity index (χ1) is 7.61. The largest absolute Gasteiger partial charge is 0.0988 e. The van der Waals surface area contributed by atoms with Gasteiger partial charge in [0, 0.05) is 0 Å². The molecule has 0 N–H and O–H groups in total. The van der Waals surface area contributed by atoms with E-state index in [1.165, 1.54) is 35.1 Å². The number of hydrogen-bond acceptors (Lipinski definition) is 0. The molecule has 0 heterocycles. The normalized spacial score (nSPS) is 16.3. The lowest BCUT2D eigenvalue weighted by molar-refractivity contribution is 0.932. The van der Waals surface area contributed by atoms with E-state index in [1.54, 1.807) is 0 Å². The van der Waals surface area contributed by atoms with Gasteiger partial charge in [-0.2, -0.15) is 0 Å². The second kappa shape index (κ2) is 6.32. The van der Waals surface area contributed by atoms with Crippen LogP contribution in [0.15, 0.2) is 59.3 Å². The minimum atomic E-state index is 1.00. The number of hydrogen-bond donors (Lipinski definition) is 0. The summed E-state index contributed by atoms with van der Waals surface area (Å²) in [5, 5.41) is 0. The fraction of sp³-hybridized carbons (Fsp3) is 0.375. The topological polar surface area (TPSA) is 0 Å². The Kier molecular flexibility index (Phi) is 5.04. The highest BCUT2D eigenvalue weighted by Crippen LogP contribution is 2.22. The van der Waals surface area contributed by atoms with E-state index in [0.717, 1.165) is 6.42 Å². The van der Waals surface area contributed by atoms with Crippen LogP contribution < -0.4 is 0 Å². The maximum atomic E-state index is 3.88. The molecule has 1 aliphatic carbocycles. The van der Waals surface area contributed by atoms with Crippen molar-refractivity contribution in [3.8, 4) is 0 Å². The zero-order chi connectivity index (χ0) is 12.0. The lowest BCUT2D eigenvalue weighted by atomic mass is 9.95. The number of rotatable bonds is 4. The van der Waals surface area contributed by atoms with Crippen LogP contribution in [0.2, 0.25) is 0 Å². The van der Waals surface area contributed by atoms with Gasteiger partial charge in [0.25, 0.3) is 0 Å². The van der Waals surface area contributed by atoms with Crippen molar-refractivity contribution in [3.63, 3.8) is 0 Å². The number of allylic oxidation sites excluding steroid dienone is 9. The van der Waals surface area contributed by atoms with E-state index in [9.17, 15) is 0 Å². The van der Waals surface area contributed by atoms with Crippen molar-refractivity contribution < 1.29 is 0 Å². The van der Waals surface area contributed by atoms with Gasteiger partial charge in [-0.05, 0) is 51.2 Å². The van der Waals surface area contributed by atoms with E-state index in [-0.39, 0.29) is 0 Å². The van der Waals surface area contributed by atoms with Gasteiger partial charge in [-0.3, -0.25) is 0 Å². The van der Waals surface area contributed by atoms with Crippen molar-refractivity contribution in [1.29, 1.82) is 0 Å². The lowest BCUT2D eigenvalue weighted by Crippen LogP contribution is -1.91. The molecule has 0 saturated heterocycles. The van der Waals surface area contributed by atoms with Gasteiger partial charge >= 0.3 is 0 Å². The van der Waals surface area contributed by atoms with Crippen molar-refractivity contribution in [3.05, 3.63) is 59.3 Å². The van der Waals surface area contributed by atoms with Crippen molar-refractivity contribution in [2.24, 2.45) is 0 Å². The van der Waals surface area contributed by atoms with Crippen LogP contribution in [0, 0.1) is 0 Å². The summed E-state index contributed by atoms with van der Waals surface area (Å²) in [6.45, 7) is 10.3. The molecule has 0 aromatic heterocycles. The summed E-state index contributed by atoms with van der Waals surface area (Å²) in [7, 11) is 0. The maximum absolute atomic E-state index is 3.88. The van der Waals surface area contributed by atoms with E-state index in [2.05, 4.69) is 51.7 Å². The minimum absolute atomic E-state index is 1.00. The van der Waals surface area contributed by atoms with E-state index >= 15 is 0 Å². The van der Waals surface area contributed by atoms with E-state index in [1.807, 2.05) is 6.08 Å². The molecular weight excluding hydrogens is 192 g/mol. The summed E-state index contributed by atoms with van der Waals surface area (Å²) in [4.78, 5) is 0. The van der Waals surface area contributed by atoms with Gasteiger partial charge in [-0.15, -0.1) is 0 Å². The Morgan fingerprint density at radius 1 is 1.38 bits per heavy atom. The Balaban J connectivity index is 2.71. The standard InChI is InChI=1S/C16H22/c1-5-15(10-9-13(2)3)12-16-8-6-7-14(4)11-16/h5,8-11H,1,6-7,12H2,2-4H3/b15-10+. The minimum Gasteiger partial charge on any atom is -0.0988 e. The molecule has 0 nitrogen and oxygen atoms in total. The van der Waals surface area contributed by atoms with Crippen LogP contribution in [-0.4, -0.2) is 0 Å². The van der Waals surface area contributed by atoms with E-state index in [4.69, 9.17) is 0 Å². The van der Waals surface area contributed by atoms with Gasteiger partial charge in [0.05, 0.1) is 0 Å². The Morgan fingerprint density at radius 2 is 2.12 bits per heavy atom. The van der Waals surface area contributed by atoms with Gasteiger partial charge in [-0.25, -0.2) is 0 Å². The molecule has 0 spiro atoms. The second-order valence-corrected chi connectivity index (χ2v) is 4.67. The van der Waals surface area contributed by atoms with Crippen LogP contribution in [0.4, 0.5) is 0 Å². The highest BCUT2D eigenvalue weighted by Gasteiger charge is 2.02. The lowest BCUT2D eigenvalue weighted by Gasteiger charge is -2.11. The molecule has 0 radical (unpaired) electrons. The van der Waals surface area contributed by atoms with Crippen molar-refractivity contribution in [2.45, 2.75) is 40.0 Å². The molecule has 0 bridgehead atoms. The molecule has 0 aromatic rings. The summed E-state index contributed by atoms with van der Waals surface area (Å²) in [5.74, 6) is 0. The zero-order valence-electron chi connectivity index (χ0n) is 10.7. The van der Waals surface area contributed by atoms with Crippen LogP contribution in [0.25, 0.3) is 0 Å². The van der Waals surface area contributed by atoms with Crippen molar-refractivity contribution in [2.75, 3.05) is 0 Å². The second-order valence-electron chi connectivity index (χ2n) is 4.67. The predicted octanol–water partition coefficient (Wildman–Crippen LogP) is 5.12. The molecule has 0 saturated carbocycles. The SMILES string of the molecule is C=C/C(=C\C=C(C)C)CC1=CCCC(C)=C1. The molecule has 0 fully saturated rings. The first kappa shape index (κ1) is 12.8. The van der Waals surface area contributed by atoms with Gasteiger partial charge in [0.1, 0.15) is 0 Å². The van der Waals surface area contributed by atoms with Crippen molar-refractivity contribution in [1.82, 2.24) is 0 Å². The Labute approximate surface area is 99.8 Å². The first-order valence-electron chi connectivity index (χ1n) is 5.94. The quantitative estimate of drug-likeness (QED) is 0.570. The molecule has 86 valence electrons. The predicted molar refractivity (Wildman–Crippen MR) is 73.4 cm³/mol. The monoisotopic (exact) mass is 214 g/mol. The molecule has 0 heteroatoms. The molecule has 1 aliphatic rings. The van der Waals surface area contributed by atoms with Gasteiger partial charge in [0.2, 0.25) is 0 Å². The molecular formula is C16H22. The average molecular weight is 214 g/mol. The zero-order valence-corrected chi connectivity index (χ0v) is 10.7. The Bertz CT molecular complexity index is 369. The molecule has 16 heavy (non-hydrogen) atoms. The summed E-state index contributed by atoms with van der Waals surface area (Å²) >= 11 is 0. The maximum Gasteiger partial charge on any atom is -0.00292 e. The summed E-state index contributed by atoms with van der Waals surface area (Å²) in [5.41, 5.74) is 5.53. The molecule has 1 rings (SSSR count). The third-order valence-electron chi connectivity index (χ3n) is 2.68. The summed E-state index contributed by atoms with van der Waals surface area (Å²) in [6.07, 6.45) is 14.3. The van der Waals surface area contributed by atoms with Gasteiger partial charge in [0.15, 0.2) is 0 Å². The third kappa shape index (κ3) is 4.48. The van der Waals surface area contributed by atoms with Crippen LogP contribution >= 0.6 is 0 Å². The molecule has 0 unspecified atom stereocenters. The molecule has 0 aromatic carbocycles. The molecule has 0 aliphatic heterocycles. The average Bonchev–Trinajstić information content (AvgIpc) is 2.24. The van der Waals surface area contributed by atoms with E-state index < -0.39 is 0 Å². The van der Waals surface area contributed by atoms with Crippen LogP contribution in [0.3, 0.4) is 0 Å². The fourth-order valence-electron chi connectivity index (χ4n) is 1.76. The van der Waals surface area contributed by atoms with Crippen LogP contribution in [0.1, 0.15) is 40.0 Å². The highest BCUT2D eigenvalue weighted by atomic mass is 14.1. The van der Waals surface area contributed by atoms with Crippen LogP contribution in [0.5, 0.6) is 0 Å². The highest BCUT2D eigenvalue weighted by molar-refractivity contribution is 5.35. The Morgan fingerprint density at radius 3 is 2.69 bits per heavy atom. The van der Waals surface area contributed by atoms with Crippen molar-refractivity contribution >= 4 is 0 Å². The summed E-state index contributed by atoms with van der Waals surface area (Å²) in [6, 6.07) is 0. The van der Waals surface area contributed by atoms with Crippen LogP contribution in [-0.2, 0) is 0 Å². The van der Waals surface area contributed by atoms with Gasteiger partial charge < -0.3 is 0 Å².